The summed E-state index contributed by atoms with van der Waals surface area (Å²) in [6, 6.07) is 5.15. The van der Waals surface area contributed by atoms with Crippen molar-refractivity contribution in [3.8, 4) is 5.75 Å². The smallest absolute Gasteiger partial charge is 0.459 e. The highest BCUT2D eigenvalue weighted by atomic mass is 31.2. The summed E-state index contributed by atoms with van der Waals surface area (Å²) in [6.07, 6.45) is 0. The summed E-state index contributed by atoms with van der Waals surface area (Å²) in [4.78, 5) is 21.4. The van der Waals surface area contributed by atoms with Crippen LogP contribution in [0.4, 0.5) is 5.69 Å². The van der Waals surface area contributed by atoms with Gasteiger partial charge in [0.2, 0.25) is 0 Å². The number of ether oxygens (including phenoxy) is 1. The zero-order chi connectivity index (χ0) is 16.6. The highest BCUT2D eigenvalue weighted by Crippen LogP contribution is 2.44. The number of benzene rings is 1. The molecule has 0 aliphatic heterocycles. The summed E-state index contributed by atoms with van der Waals surface area (Å²) >= 11 is 0. The highest BCUT2D eigenvalue weighted by molar-refractivity contribution is 7.52. The molecular formula is C12H17N2O7P. The number of esters is 1. The Labute approximate surface area is 127 Å². The average Bonchev–Trinajstić information content (AvgIpc) is 2.46. The van der Waals surface area contributed by atoms with E-state index in [-0.39, 0.29) is 31.2 Å². The lowest BCUT2D eigenvalue weighted by Gasteiger charge is -2.18. The van der Waals surface area contributed by atoms with Crippen molar-refractivity contribution < 1.29 is 28.1 Å². The fourth-order valence-corrected chi connectivity index (χ4v) is 2.70. The number of carbonyl (C=O) groups is 1. The first-order valence-corrected chi connectivity index (χ1v) is 8.04. The van der Waals surface area contributed by atoms with E-state index in [9.17, 15) is 19.5 Å². The van der Waals surface area contributed by atoms with Crippen LogP contribution in [0.1, 0.15) is 13.8 Å². The fourth-order valence-electron chi connectivity index (χ4n) is 1.44. The minimum atomic E-state index is -3.84. The molecule has 0 spiro atoms. The third-order valence-corrected chi connectivity index (χ3v) is 3.87. The summed E-state index contributed by atoms with van der Waals surface area (Å²) in [6.45, 7) is 3.10. The molecule has 1 N–H and O–H groups in total. The molecule has 1 aromatic carbocycles. The van der Waals surface area contributed by atoms with Gasteiger partial charge in [-0.15, -0.1) is 0 Å². The number of nitro benzene ring substituents is 1. The number of nitro groups is 1. The largest absolute Gasteiger partial charge is 0.465 e. The Morgan fingerprint density at radius 2 is 2.09 bits per heavy atom. The van der Waals surface area contributed by atoms with Crippen LogP contribution in [0.15, 0.2) is 24.3 Å². The second-order valence-corrected chi connectivity index (χ2v) is 5.65. The molecule has 0 aliphatic carbocycles. The number of hydrogen-bond acceptors (Lipinski definition) is 7. The van der Waals surface area contributed by atoms with Gasteiger partial charge >= 0.3 is 13.7 Å². The van der Waals surface area contributed by atoms with E-state index < -0.39 is 18.6 Å². The standard InChI is InChI=1S/C12H17N2O7P/c1-3-19-12(15)9-13-22(18,20-4-2)21-11-7-5-6-10(8-11)14(16)17/h5-8H,3-4,9H2,1-2H3,(H,13,18). The molecule has 10 heteroatoms. The first-order valence-electron chi connectivity index (χ1n) is 6.49. The average molecular weight is 332 g/mol. The van der Waals surface area contributed by atoms with E-state index in [1.165, 1.54) is 18.2 Å². The number of hydrogen-bond donors (Lipinski definition) is 1. The Hall–Kier alpha value is -1.96. The number of carbonyl (C=O) groups excluding carboxylic acids is 1. The van der Waals surface area contributed by atoms with Crippen molar-refractivity contribution >= 4 is 19.4 Å². The Bertz CT molecular complexity index is 578. The molecule has 0 amide bonds. The predicted octanol–water partition coefficient (Wildman–Crippen LogP) is 2.27. The molecule has 0 aromatic heterocycles. The highest BCUT2D eigenvalue weighted by Gasteiger charge is 2.27. The van der Waals surface area contributed by atoms with Crippen LogP contribution < -0.4 is 9.61 Å². The van der Waals surface area contributed by atoms with Gasteiger partial charge in [-0.25, -0.2) is 9.65 Å². The van der Waals surface area contributed by atoms with Crippen molar-refractivity contribution in [1.29, 1.82) is 0 Å². The van der Waals surface area contributed by atoms with Crippen molar-refractivity contribution in [3.05, 3.63) is 34.4 Å². The molecule has 1 aromatic rings. The maximum absolute atomic E-state index is 12.4. The third kappa shape index (κ3) is 5.80. The molecule has 0 bridgehead atoms. The molecule has 122 valence electrons. The van der Waals surface area contributed by atoms with Crippen molar-refractivity contribution in [1.82, 2.24) is 5.09 Å². The van der Waals surface area contributed by atoms with Gasteiger partial charge in [-0.1, -0.05) is 6.07 Å². The van der Waals surface area contributed by atoms with E-state index in [4.69, 9.17) is 13.8 Å². The van der Waals surface area contributed by atoms with E-state index in [0.717, 1.165) is 6.07 Å². The zero-order valence-corrected chi connectivity index (χ0v) is 13.1. The van der Waals surface area contributed by atoms with Gasteiger partial charge in [-0.3, -0.25) is 19.4 Å². The molecule has 1 rings (SSSR count). The molecule has 9 nitrogen and oxygen atoms in total. The van der Waals surface area contributed by atoms with Gasteiger partial charge in [0.05, 0.1) is 24.2 Å². The van der Waals surface area contributed by atoms with Crippen LogP contribution in [0.25, 0.3) is 0 Å². The van der Waals surface area contributed by atoms with Crippen LogP contribution in [-0.2, 0) is 18.6 Å². The van der Waals surface area contributed by atoms with Gasteiger partial charge in [0.1, 0.15) is 12.3 Å². The molecule has 0 heterocycles. The number of nitrogens with one attached hydrogen (secondary N) is 1. The van der Waals surface area contributed by atoms with Crippen LogP contribution >= 0.6 is 7.75 Å². The molecule has 0 saturated heterocycles. The number of non-ortho nitro benzene ring substituents is 1. The van der Waals surface area contributed by atoms with Crippen molar-refractivity contribution in [2.24, 2.45) is 0 Å². The molecular weight excluding hydrogens is 315 g/mol. The van der Waals surface area contributed by atoms with E-state index >= 15 is 0 Å². The first-order chi connectivity index (χ1) is 10.4. The Balaban J connectivity index is 2.82. The van der Waals surface area contributed by atoms with Crippen LogP contribution in [0.2, 0.25) is 0 Å². The summed E-state index contributed by atoms with van der Waals surface area (Å²) < 4.78 is 27.3. The predicted molar refractivity (Wildman–Crippen MR) is 77.6 cm³/mol. The van der Waals surface area contributed by atoms with Crippen LogP contribution in [0, 0.1) is 10.1 Å². The van der Waals surface area contributed by atoms with Gasteiger partial charge in [-0.2, -0.15) is 0 Å². The van der Waals surface area contributed by atoms with Crippen LogP contribution in [0.5, 0.6) is 5.75 Å². The first kappa shape index (κ1) is 18.1. The lowest BCUT2D eigenvalue weighted by molar-refractivity contribution is -0.384. The molecule has 1 atom stereocenters. The second kappa shape index (κ2) is 8.47. The lowest BCUT2D eigenvalue weighted by Crippen LogP contribution is -2.25. The van der Waals surface area contributed by atoms with Gasteiger partial charge in [-0.05, 0) is 19.9 Å². The van der Waals surface area contributed by atoms with Crippen molar-refractivity contribution in [2.45, 2.75) is 13.8 Å². The summed E-state index contributed by atoms with van der Waals surface area (Å²) in [5.74, 6) is -0.632. The molecule has 0 fully saturated rings. The topological polar surface area (TPSA) is 117 Å². The van der Waals surface area contributed by atoms with Gasteiger partial charge in [0.15, 0.2) is 0 Å². The van der Waals surface area contributed by atoms with E-state index in [1.807, 2.05) is 0 Å². The van der Waals surface area contributed by atoms with Crippen LogP contribution in [0.3, 0.4) is 0 Å². The van der Waals surface area contributed by atoms with Gasteiger partial charge in [0.25, 0.3) is 5.69 Å². The summed E-state index contributed by atoms with van der Waals surface area (Å²) in [7, 11) is -3.84. The van der Waals surface area contributed by atoms with E-state index in [0.29, 0.717) is 0 Å². The molecule has 1 unspecified atom stereocenters. The number of rotatable bonds is 9. The normalized spacial score (nSPS) is 13.2. The second-order valence-electron chi connectivity index (χ2n) is 3.90. The monoisotopic (exact) mass is 332 g/mol. The van der Waals surface area contributed by atoms with Crippen molar-refractivity contribution in [3.63, 3.8) is 0 Å². The lowest BCUT2D eigenvalue weighted by atomic mass is 10.3. The molecule has 0 radical (unpaired) electrons. The minimum Gasteiger partial charge on any atom is -0.465 e. The number of nitrogens with zero attached hydrogens (tertiary/aromatic N) is 1. The van der Waals surface area contributed by atoms with E-state index in [2.05, 4.69) is 5.09 Å². The Kier molecular flexibility index (Phi) is 6.97. The quantitative estimate of drug-likeness (QED) is 0.317. The van der Waals surface area contributed by atoms with Gasteiger partial charge < -0.3 is 9.26 Å². The maximum Gasteiger partial charge on any atom is 0.459 e. The SMILES string of the molecule is CCOC(=O)CNP(=O)(OCC)Oc1cccc([N+](=O)[O-])c1. The summed E-state index contributed by atoms with van der Waals surface area (Å²) in [5.41, 5.74) is -0.217. The van der Waals surface area contributed by atoms with Gasteiger partial charge in [0, 0.05) is 6.07 Å². The molecule has 22 heavy (non-hydrogen) atoms. The Morgan fingerprint density at radius 1 is 1.36 bits per heavy atom. The van der Waals surface area contributed by atoms with Crippen LogP contribution in [-0.4, -0.2) is 30.7 Å². The Morgan fingerprint density at radius 3 is 2.68 bits per heavy atom. The minimum absolute atomic E-state index is 0.0117. The maximum atomic E-state index is 12.4. The summed E-state index contributed by atoms with van der Waals surface area (Å²) in [5, 5.41) is 13.0. The molecule has 0 saturated carbocycles. The third-order valence-electron chi connectivity index (χ3n) is 2.28. The fraction of sp³-hybridized carbons (Fsp3) is 0.417. The van der Waals surface area contributed by atoms with E-state index in [1.54, 1.807) is 13.8 Å². The molecule has 0 aliphatic rings. The van der Waals surface area contributed by atoms with Crippen molar-refractivity contribution in [2.75, 3.05) is 19.8 Å². The zero-order valence-electron chi connectivity index (χ0n) is 12.2.